The summed E-state index contributed by atoms with van der Waals surface area (Å²) in [6, 6.07) is 0. The minimum atomic E-state index is -0.168. The molecule has 0 N–H and O–H groups in total. The highest BCUT2D eigenvalue weighted by Gasteiger charge is 2.22. The Bertz CT molecular complexity index is 177. The zero-order valence-electron chi connectivity index (χ0n) is 9.12. The molecule has 14 heavy (non-hydrogen) atoms. The van der Waals surface area contributed by atoms with Crippen molar-refractivity contribution in [1.82, 2.24) is 0 Å². The maximum Gasteiger partial charge on any atom is 0.302 e. The SMILES string of the molecule is COCC1CCCC(COC(C)=O)C1. The number of carbonyl (C=O) groups is 1. The van der Waals surface area contributed by atoms with Crippen LogP contribution in [-0.2, 0) is 14.3 Å². The molecule has 0 bridgehead atoms. The lowest BCUT2D eigenvalue weighted by Crippen LogP contribution is -2.23. The van der Waals surface area contributed by atoms with E-state index < -0.39 is 0 Å². The standard InChI is InChI=1S/C11H20O3/c1-9(12)14-8-11-5-3-4-10(6-11)7-13-2/h10-11H,3-8H2,1-2H3. The van der Waals surface area contributed by atoms with Gasteiger partial charge in [0.25, 0.3) is 0 Å². The van der Waals surface area contributed by atoms with Crippen LogP contribution in [0.5, 0.6) is 0 Å². The number of hydrogen-bond acceptors (Lipinski definition) is 3. The van der Waals surface area contributed by atoms with Gasteiger partial charge in [0.1, 0.15) is 0 Å². The summed E-state index contributed by atoms with van der Waals surface area (Å²) >= 11 is 0. The normalized spacial score (nSPS) is 27.3. The number of hydrogen-bond donors (Lipinski definition) is 0. The monoisotopic (exact) mass is 200 g/mol. The van der Waals surface area contributed by atoms with Gasteiger partial charge in [-0.1, -0.05) is 6.42 Å². The number of rotatable bonds is 4. The second-order valence-corrected chi connectivity index (χ2v) is 4.16. The fourth-order valence-electron chi connectivity index (χ4n) is 2.18. The number of methoxy groups -OCH3 is 1. The quantitative estimate of drug-likeness (QED) is 0.651. The van der Waals surface area contributed by atoms with Crippen LogP contribution in [0.4, 0.5) is 0 Å². The molecule has 0 spiro atoms. The summed E-state index contributed by atoms with van der Waals surface area (Å²) in [5.41, 5.74) is 0. The van der Waals surface area contributed by atoms with Gasteiger partial charge in [-0.3, -0.25) is 4.79 Å². The minimum Gasteiger partial charge on any atom is -0.466 e. The lowest BCUT2D eigenvalue weighted by molar-refractivity contribution is -0.142. The van der Waals surface area contributed by atoms with Gasteiger partial charge in [0.15, 0.2) is 0 Å². The van der Waals surface area contributed by atoms with Crippen molar-refractivity contribution >= 4 is 5.97 Å². The zero-order chi connectivity index (χ0) is 10.4. The third-order valence-corrected chi connectivity index (χ3v) is 2.82. The van der Waals surface area contributed by atoms with Gasteiger partial charge >= 0.3 is 5.97 Å². The molecule has 2 unspecified atom stereocenters. The molecule has 1 fully saturated rings. The molecule has 0 aromatic heterocycles. The predicted octanol–water partition coefficient (Wildman–Crippen LogP) is 2.00. The summed E-state index contributed by atoms with van der Waals surface area (Å²) in [4.78, 5) is 10.6. The smallest absolute Gasteiger partial charge is 0.302 e. The van der Waals surface area contributed by atoms with E-state index in [0.29, 0.717) is 18.4 Å². The van der Waals surface area contributed by atoms with E-state index in [4.69, 9.17) is 9.47 Å². The molecule has 0 aromatic rings. The van der Waals surface area contributed by atoms with Gasteiger partial charge in [0, 0.05) is 20.6 Å². The highest BCUT2D eigenvalue weighted by Crippen LogP contribution is 2.29. The summed E-state index contributed by atoms with van der Waals surface area (Å²) in [5, 5.41) is 0. The minimum absolute atomic E-state index is 0.168. The third-order valence-electron chi connectivity index (χ3n) is 2.82. The van der Waals surface area contributed by atoms with Gasteiger partial charge in [-0.15, -0.1) is 0 Å². The topological polar surface area (TPSA) is 35.5 Å². The number of ether oxygens (including phenoxy) is 2. The van der Waals surface area contributed by atoms with Crippen molar-refractivity contribution in [3.05, 3.63) is 0 Å². The van der Waals surface area contributed by atoms with E-state index in [1.165, 1.54) is 26.2 Å². The summed E-state index contributed by atoms with van der Waals surface area (Å²) in [6.07, 6.45) is 4.82. The van der Waals surface area contributed by atoms with Crippen LogP contribution in [0.3, 0.4) is 0 Å². The first-order valence-corrected chi connectivity index (χ1v) is 5.34. The molecule has 0 aromatic carbocycles. The maximum atomic E-state index is 10.6. The van der Waals surface area contributed by atoms with Crippen LogP contribution < -0.4 is 0 Å². The fraction of sp³-hybridized carbons (Fsp3) is 0.909. The molecule has 2 atom stereocenters. The van der Waals surface area contributed by atoms with Crippen molar-refractivity contribution in [3.63, 3.8) is 0 Å². The largest absolute Gasteiger partial charge is 0.466 e. The van der Waals surface area contributed by atoms with Gasteiger partial charge in [0.2, 0.25) is 0 Å². The molecule has 1 rings (SSSR count). The van der Waals surface area contributed by atoms with E-state index in [-0.39, 0.29) is 5.97 Å². The first-order valence-electron chi connectivity index (χ1n) is 5.34. The molecule has 3 nitrogen and oxygen atoms in total. The second kappa shape index (κ2) is 6.02. The van der Waals surface area contributed by atoms with Crippen molar-refractivity contribution in [1.29, 1.82) is 0 Å². The molecule has 1 saturated carbocycles. The van der Waals surface area contributed by atoms with E-state index >= 15 is 0 Å². The maximum absolute atomic E-state index is 10.6. The number of carbonyl (C=O) groups excluding carboxylic acids is 1. The van der Waals surface area contributed by atoms with E-state index in [9.17, 15) is 4.79 Å². The van der Waals surface area contributed by atoms with Crippen molar-refractivity contribution in [2.24, 2.45) is 11.8 Å². The van der Waals surface area contributed by atoms with E-state index in [1.807, 2.05) is 0 Å². The molecule has 0 amide bonds. The predicted molar refractivity (Wildman–Crippen MR) is 54.0 cm³/mol. The van der Waals surface area contributed by atoms with E-state index in [1.54, 1.807) is 7.11 Å². The third kappa shape index (κ3) is 4.09. The first-order chi connectivity index (χ1) is 6.72. The Morgan fingerprint density at radius 3 is 2.50 bits per heavy atom. The van der Waals surface area contributed by atoms with Gasteiger partial charge in [0.05, 0.1) is 6.61 Å². The molecule has 82 valence electrons. The Balaban J connectivity index is 2.21. The second-order valence-electron chi connectivity index (χ2n) is 4.16. The van der Waals surface area contributed by atoms with E-state index in [2.05, 4.69) is 0 Å². The Morgan fingerprint density at radius 1 is 1.29 bits per heavy atom. The van der Waals surface area contributed by atoms with Crippen LogP contribution in [0.15, 0.2) is 0 Å². The zero-order valence-corrected chi connectivity index (χ0v) is 9.12. The molecule has 1 aliphatic carbocycles. The Morgan fingerprint density at radius 2 is 1.93 bits per heavy atom. The van der Waals surface area contributed by atoms with Crippen molar-refractivity contribution in [2.45, 2.75) is 32.6 Å². The van der Waals surface area contributed by atoms with Crippen LogP contribution in [0, 0.1) is 11.8 Å². The molecule has 0 heterocycles. The summed E-state index contributed by atoms with van der Waals surface area (Å²) < 4.78 is 10.2. The van der Waals surface area contributed by atoms with E-state index in [0.717, 1.165) is 13.0 Å². The Labute approximate surface area is 85.8 Å². The van der Waals surface area contributed by atoms with Crippen LogP contribution in [0.25, 0.3) is 0 Å². The van der Waals surface area contributed by atoms with Crippen LogP contribution in [-0.4, -0.2) is 26.3 Å². The summed E-state index contributed by atoms with van der Waals surface area (Å²) in [7, 11) is 1.75. The number of esters is 1. The Kier molecular flexibility index (Phi) is 4.94. The van der Waals surface area contributed by atoms with Crippen LogP contribution >= 0.6 is 0 Å². The van der Waals surface area contributed by atoms with Gasteiger partial charge in [-0.25, -0.2) is 0 Å². The average Bonchev–Trinajstić information content (AvgIpc) is 2.16. The average molecular weight is 200 g/mol. The molecule has 0 radical (unpaired) electrons. The molecular formula is C11H20O3. The molecule has 0 saturated heterocycles. The van der Waals surface area contributed by atoms with Gasteiger partial charge in [-0.2, -0.15) is 0 Å². The lowest BCUT2D eigenvalue weighted by atomic mass is 9.82. The van der Waals surface area contributed by atoms with Crippen molar-refractivity contribution in [2.75, 3.05) is 20.3 Å². The molecule has 3 heteroatoms. The van der Waals surface area contributed by atoms with Gasteiger partial charge < -0.3 is 9.47 Å². The highest BCUT2D eigenvalue weighted by molar-refractivity contribution is 5.65. The van der Waals surface area contributed by atoms with Crippen molar-refractivity contribution in [3.8, 4) is 0 Å². The summed E-state index contributed by atoms with van der Waals surface area (Å²) in [5.74, 6) is 1.04. The van der Waals surface area contributed by atoms with Crippen LogP contribution in [0.2, 0.25) is 0 Å². The first kappa shape index (κ1) is 11.5. The molecule has 1 aliphatic rings. The fourth-order valence-corrected chi connectivity index (χ4v) is 2.18. The van der Waals surface area contributed by atoms with Crippen molar-refractivity contribution < 1.29 is 14.3 Å². The molecular weight excluding hydrogens is 180 g/mol. The van der Waals surface area contributed by atoms with Gasteiger partial charge in [-0.05, 0) is 31.1 Å². The Hall–Kier alpha value is -0.570. The summed E-state index contributed by atoms with van der Waals surface area (Å²) in [6.45, 7) is 2.90. The van der Waals surface area contributed by atoms with Crippen LogP contribution in [0.1, 0.15) is 32.6 Å². The lowest BCUT2D eigenvalue weighted by Gasteiger charge is -2.28. The highest BCUT2D eigenvalue weighted by atomic mass is 16.5. The molecule has 0 aliphatic heterocycles.